The zero-order valence-electron chi connectivity index (χ0n) is 32.1. The second-order valence-corrected chi connectivity index (χ2v) is 15.0. The summed E-state index contributed by atoms with van der Waals surface area (Å²) in [7, 11) is 4.81. The standard InChI is InChI=1S/C37H61NO14/c1-19-16-25(21(3)39)33(34(46-10)27(50-24(6)40)17-28(42)47-20(2)14-12-11-13-15-26(19)41)52-36-31(43)30(38(8)9)32(22(4)49-36)51-29-18-37(7,45)35(44)23(5)48-29/h11-13,15,19-20,22-23,25-27,29-36,41,43-45H,14,16-18H2,1-10H3. The van der Waals surface area contributed by atoms with Crippen LogP contribution in [-0.4, -0.2) is 150 Å². The molecular formula is C37H61NO14. The number of carbonyl (C=O) groups excluding carboxylic acids is 3. The minimum Gasteiger partial charge on any atom is -0.462 e. The summed E-state index contributed by atoms with van der Waals surface area (Å²) >= 11 is 0. The van der Waals surface area contributed by atoms with E-state index < -0.39 is 115 Å². The van der Waals surface area contributed by atoms with E-state index in [2.05, 4.69) is 0 Å². The molecule has 15 nitrogen and oxygen atoms in total. The van der Waals surface area contributed by atoms with Crippen molar-refractivity contribution in [2.24, 2.45) is 11.8 Å². The molecule has 2 fully saturated rings. The van der Waals surface area contributed by atoms with Gasteiger partial charge < -0.3 is 58.5 Å². The van der Waals surface area contributed by atoms with Crippen molar-refractivity contribution < 1.29 is 68.0 Å². The third-order valence-electron chi connectivity index (χ3n) is 10.1. The summed E-state index contributed by atoms with van der Waals surface area (Å²) in [5, 5.41) is 44.1. The molecule has 4 N–H and O–H groups in total. The van der Waals surface area contributed by atoms with Crippen molar-refractivity contribution in [3.05, 3.63) is 24.3 Å². The first kappa shape index (κ1) is 44.1. The molecular weight excluding hydrogens is 682 g/mol. The fourth-order valence-electron chi connectivity index (χ4n) is 7.25. The average molecular weight is 744 g/mol. The summed E-state index contributed by atoms with van der Waals surface area (Å²) in [4.78, 5) is 40.8. The van der Waals surface area contributed by atoms with Crippen LogP contribution in [0.5, 0.6) is 0 Å². The lowest BCUT2D eigenvalue weighted by Gasteiger charge is -2.50. The van der Waals surface area contributed by atoms with E-state index in [0.717, 1.165) is 0 Å². The summed E-state index contributed by atoms with van der Waals surface area (Å²) in [5.74, 6) is -3.18. The first-order valence-electron chi connectivity index (χ1n) is 18.0. The van der Waals surface area contributed by atoms with Crippen molar-refractivity contribution in [3.8, 4) is 0 Å². The maximum atomic E-state index is 13.5. The number of likely N-dealkylation sites (N-methyl/N-ethyl adjacent to an activating group) is 1. The third-order valence-corrected chi connectivity index (χ3v) is 10.1. The van der Waals surface area contributed by atoms with Crippen molar-refractivity contribution in [1.29, 1.82) is 0 Å². The number of ether oxygens (including phenoxy) is 7. The molecule has 298 valence electrons. The lowest BCUT2D eigenvalue weighted by molar-refractivity contribution is -0.343. The minimum absolute atomic E-state index is 0.0377. The second-order valence-electron chi connectivity index (χ2n) is 15.0. The Hall–Kier alpha value is -2.31. The molecule has 0 aliphatic carbocycles. The van der Waals surface area contributed by atoms with Gasteiger partial charge in [-0.3, -0.25) is 14.4 Å². The summed E-state index contributed by atoms with van der Waals surface area (Å²) in [6.07, 6.45) is -5.55. The Morgan fingerprint density at radius 2 is 1.63 bits per heavy atom. The smallest absolute Gasteiger partial charge is 0.309 e. The number of carbonyl (C=O) groups is 3. The summed E-state index contributed by atoms with van der Waals surface area (Å²) in [6, 6.07) is -0.771. The quantitative estimate of drug-likeness (QED) is 0.260. The van der Waals surface area contributed by atoms with Crippen molar-refractivity contribution in [2.75, 3.05) is 21.2 Å². The van der Waals surface area contributed by atoms with Gasteiger partial charge in [-0.25, -0.2) is 0 Å². The molecule has 0 aromatic heterocycles. The SMILES string of the molecule is COC1C(OC(C)=O)CC(=O)OC(C)CC=CC=CC(O)C(C)CC(C(C)=O)C1OC1OC(C)C(OC2CC(C)(O)C(O)C(C)O2)C(N(C)C)C1O. The highest BCUT2D eigenvalue weighted by Gasteiger charge is 2.52. The number of aliphatic hydroxyl groups is 4. The summed E-state index contributed by atoms with van der Waals surface area (Å²) in [6.45, 7) is 10.9. The van der Waals surface area contributed by atoms with Crippen LogP contribution in [0.1, 0.15) is 74.1 Å². The minimum atomic E-state index is -1.49. The highest BCUT2D eigenvalue weighted by Crippen LogP contribution is 2.36. The van der Waals surface area contributed by atoms with Crippen LogP contribution in [0.25, 0.3) is 0 Å². The number of allylic oxidation sites excluding steroid dienone is 2. The molecule has 0 radical (unpaired) electrons. The number of nitrogens with zero attached hydrogens (tertiary/aromatic N) is 1. The molecule has 0 aromatic carbocycles. The number of aliphatic hydroxyl groups excluding tert-OH is 3. The predicted molar refractivity (Wildman–Crippen MR) is 187 cm³/mol. The first-order chi connectivity index (χ1) is 24.3. The fraction of sp³-hybridized carbons (Fsp3) is 0.811. The Morgan fingerprint density at radius 1 is 0.962 bits per heavy atom. The van der Waals surface area contributed by atoms with E-state index in [9.17, 15) is 34.8 Å². The van der Waals surface area contributed by atoms with E-state index in [-0.39, 0.29) is 18.6 Å². The molecule has 0 saturated carbocycles. The second kappa shape index (κ2) is 19.3. The van der Waals surface area contributed by atoms with E-state index in [1.54, 1.807) is 71.0 Å². The Morgan fingerprint density at radius 3 is 2.21 bits per heavy atom. The molecule has 2 saturated heterocycles. The molecule has 0 bridgehead atoms. The number of Topliss-reactive ketones (excluding diaryl/α,β-unsaturated/α-hetero) is 1. The molecule has 0 spiro atoms. The number of hydrogen-bond donors (Lipinski definition) is 4. The third kappa shape index (κ3) is 11.6. The molecule has 3 aliphatic rings. The van der Waals surface area contributed by atoms with Gasteiger partial charge in [-0.2, -0.15) is 0 Å². The molecule has 16 atom stereocenters. The van der Waals surface area contributed by atoms with E-state index in [1.807, 2.05) is 0 Å². The molecule has 52 heavy (non-hydrogen) atoms. The molecule has 16 unspecified atom stereocenters. The Bertz CT molecular complexity index is 1240. The summed E-state index contributed by atoms with van der Waals surface area (Å²) in [5.41, 5.74) is -1.49. The van der Waals surface area contributed by atoms with Gasteiger partial charge in [-0.15, -0.1) is 0 Å². The van der Waals surface area contributed by atoms with Gasteiger partial charge in [0.1, 0.15) is 48.5 Å². The average Bonchev–Trinajstić information content (AvgIpc) is 3.02. The van der Waals surface area contributed by atoms with Crippen LogP contribution in [0, 0.1) is 11.8 Å². The Balaban J connectivity index is 2.04. The maximum absolute atomic E-state index is 13.5. The number of hydrogen-bond acceptors (Lipinski definition) is 15. The number of cyclic esters (lactones) is 1. The highest BCUT2D eigenvalue weighted by molar-refractivity contribution is 5.79. The van der Waals surface area contributed by atoms with Gasteiger partial charge in [-0.1, -0.05) is 31.2 Å². The monoisotopic (exact) mass is 743 g/mol. The van der Waals surface area contributed by atoms with Crippen LogP contribution < -0.4 is 0 Å². The zero-order valence-corrected chi connectivity index (χ0v) is 32.1. The predicted octanol–water partition coefficient (Wildman–Crippen LogP) is 1.42. The maximum Gasteiger partial charge on any atom is 0.309 e. The van der Waals surface area contributed by atoms with E-state index >= 15 is 0 Å². The van der Waals surface area contributed by atoms with E-state index in [4.69, 9.17) is 33.2 Å². The van der Waals surface area contributed by atoms with Crippen molar-refractivity contribution in [1.82, 2.24) is 4.90 Å². The van der Waals surface area contributed by atoms with Crippen LogP contribution in [0.4, 0.5) is 0 Å². The van der Waals surface area contributed by atoms with Crippen LogP contribution in [-0.2, 0) is 47.5 Å². The first-order valence-corrected chi connectivity index (χ1v) is 18.0. The highest BCUT2D eigenvalue weighted by atomic mass is 16.7. The molecule has 3 rings (SSSR count). The van der Waals surface area contributed by atoms with Crippen LogP contribution in [0.3, 0.4) is 0 Å². The van der Waals surface area contributed by atoms with Crippen molar-refractivity contribution in [3.63, 3.8) is 0 Å². The molecule has 15 heteroatoms. The van der Waals surface area contributed by atoms with Gasteiger partial charge in [0.15, 0.2) is 12.6 Å². The van der Waals surface area contributed by atoms with Gasteiger partial charge in [0.2, 0.25) is 0 Å². The Kier molecular flexibility index (Phi) is 16.4. The number of rotatable bonds is 8. The van der Waals surface area contributed by atoms with E-state index in [0.29, 0.717) is 6.42 Å². The van der Waals surface area contributed by atoms with Gasteiger partial charge >= 0.3 is 11.9 Å². The normalized spacial score (nSPS) is 42.8. The van der Waals surface area contributed by atoms with Gasteiger partial charge in [-0.05, 0) is 61.1 Å². The van der Waals surface area contributed by atoms with Gasteiger partial charge in [0.05, 0.1) is 36.4 Å². The largest absolute Gasteiger partial charge is 0.462 e. The molecule has 3 heterocycles. The number of ketones is 1. The lowest BCUT2D eigenvalue weighted by atomic mass is 9.82. The molecule has 3 aliphatic heterocycles. The van der Waals surface area contributed by atoms with E-state index in [1.165, 1.54) is 27.9 Å². The van der Waals surface area contributed by atoms with Gasteiger partial charge in [0.25, 0.3) is 0 Å². The zero-order chi connectivity index (χ0) is 39.1. The Labute approximate surface area is 307 Å². The molecule has 0 aromatic rings. The van der Waals surface area contributed by atoms with Gasteiger partial charge in [0, 0.05) is 32.8 Å². The fourth-order valence-corrected chi connectivity index (χ4v) is 7.25. The van der Waals surface area contributed by atoms with Crippen LogP contribution in [0.15, 0.2) is 24.3 Å². The topological polar surface area (TPSA) is 200 Å². The summed E-state index contributed by atoms with van der Waals surface area (Å²) < 4.78 is 42.1. The lowest BCUT2D eigenvalue weighted by Crippen LogP contribution is -2.66. The van der Waals surface area contributed by atoms with Crippen LogP contribution >= 0.6 is 0 Å². The number of esters is 2. The molecule has 0 amide bonds. The van der Waals surface area contributed by atoms with Crippen molar-refractivity contribution in [2.45, 2.75) is 159 Å². The van der Waals surface area contributed by atoms with Crippen LogP contribution in [0.2, 0.25) is 0 Å². The van der Waals surface area contributed by atoms with Crippen molar-refractivity contribution >= 4 is 17.7 Å². The number of methoxy groups -OCH3 is 1.